The minimum atomic E-state index is -0.277. The smallest absolute Gasteiger partial charge is 0.228 e. The van der Waals surface area contributed by atoms with Gasteiger partial charge in [-0.3, -0.25) is 9.59 Å². The van der Waals surface area contributed by atoms with Gasteiger partial charge in [0.15, 0.2) is 0 Å². The molecule has 4 heterocycles. The Balaban J connectivity index is 1.20. The van der Waals surface area contributed by atoms with Crippen LogP contribution >= 0.6 is 0 Å². The molecule has 180 valence electrons. The van der Waals surface area contributed by atoms with Crippen molar-refractivity contribution in [2.45, 2.75) is 39.5 Å². The standard InChI is InChI=1S/C26H34N6O2/c1-19-6-8-22(9-7-19)32-18-21(17-24(32)33)25(34)30-12-14-31(15-13-30)26-27-20(2)16-23(28-26)29-10-4-3-5-11-29/h6-9,16,21H,3-5,10-15,17-18H2,1-2H3. The second-order valence-electron chi connectivity index (χ2n) is 9.77. The number of piperazine rings is 1. The van der Waals surface area contributed by atoms with Crippen LogP contribution in [0, 0.1) is 19.8 Å². The van der Waals surface area contributed by atoms with Gasteiger partial charge < -0.3 is 19.6 Å². The van der Waals surface area contributed by atoms with E-state index in [4.69, 9.17) is 9.97 Å². The highest BCUT2D eigenvalue weighted by Gasteiger charge is 2.38. The van der Waals surface area contributed by atoms with Gasteiger partial charge in [0, 0.05) is 69.7 Å². The number of nitrogens with zero attached hydrogens (tertiary/aromatic N) is 6. The van der Waals surface area contributed by atoms with Gasteiger partial charge in [-0.25, -0.2) is 4.98 Å². The molecule has 34 heavy (non-hydrogen) atoms. The van der Waals surface area contributed by atoms with Crippen LogP contribution in [0.4, 0.5) is 17.5 Å². The van der Waals surface area contributed by atoms with Crippen molar-refractivity contribution in [1.29, 1.82) is 0 Å². The van der Waals surface area contributed by atoms with E-state index in [2.05, 4.69) is 15.9 Å². The number of carbonyl (C=O) groups is 2. The highest BCUT2D eigenvalue weighted by molar-refractivity contribution is 6.00. The van der Waals surface area contributed by atoms with Crippen molar-refractivity contribution in [2.75, 3.05) is 60.5 Å². The predicted molar refractivity (Wildman–Crippen MR) is 133 cm³/mol. The van der Waals surface area contributed by atoms with Crippen molar-refractivity contribution < 1.29 is 9.59 Å². The van der Waals surface area contributed by atoms with Gasteiger partial charge in [-0.15, -0.1) is 0 Å². The average molecular weight is 463 g/mol. The maximum Gasteiger partial charge on any atom is 0.228 e. The van der Waals surface area contributed by atoms with Crippen LogP contribution in [0.5, 0.6) is 0 Å². The van der Waals surface area contributed by atoms with Gasteiger partial charge in [0.05, 0.1) is 5.92 Å². The molecule has 1 atom stereocenters. The second kappa shape index (κ2) is 9.60. The first-order valence-electron chi connectivity index (χ1n) is 12.5. The fraction of sp³-hybridized carbons (Fsp3) is 0.538. The zero-order chi connectivity index (χ0) is 23.7. The number of rotatable bonds is 4. The van der Waals surface area contributed by atoms with Crippen LogP contribution in [0.3, 0.4) is 0 Å². The molecule has 8 heteroatoms. The van der Waals surface area contributed by atoms with Gasteiger partial charge in [-0.2, -0.15) is 4.98 Å². The first kappa shape index (κ1) is 22.6. The molecule has 0 bridgehead atoms. The van der Waals surface area contributed by atoms with E-state index in [1.807, 2.05) is 43.0 Å². The number of hydrogen-bond acceptors (Lipinski definition) is 6. The summed E-state index contributed by atoms with van der Waals surface area (Å²) in [6, 6.07) is 9.99. The Labute approximate surface area is 201 Å². The lowest BCUT2D eigenvalue weighted by atomic mass is 10.1. The molecule has 0 N–H and O–H groups in total. The van der Waals surface area contributed by atoms with Crippen molar-refractivity contribution in [3.63, 3.8) is 0 Å². The van der Waals surface area contributed by atoms with E-state index in [1.54, 1.807) is 4.90 Å². The summed E-state index contributed by atoms with van der Waals surface area (Å²) in [5.41, 5.74) is 3.00. The maximum atomic E-state index is 13.2. The summed E-state index contributed by atoms with van der Waals surface area (Å²) in [7, 11) is 0. The van der Waals surface area contributed by atoms with Gasteiger partial charge in [-0.05, 0) is 45.2 Å². The summed E-state index contributed by atoms with van der Waals surface area (Å²) in [5, 5.41) is 0. The number of benzene rings is 1. The summed E-state index contributed by atoms with van der Waals surface area (Å²) >= 11 is 0. The van der Waals surface area contributed by atoms with Gasteiger partial charge in [0.2, 0.25) is 17.8 Å². The molecule has 2 aromatic rings. The molecular formula is C26H34N6O2. The molecule has 3 aliphatic heterocycles. The number of carbonyl (C=O) groups excluding carboxylic acids is 2. The van der Waals surface area contributed by atoms with E-state index < -0.39 is 0 Å². The van der Waals surface area contributed by atoms with Crippen LogP contribution in [-0.4, -0.2) is 72.5 Å². The maximum absolute atomic E-state index is 13.2. The van der Waals surface area contributed by atoms with Gasteiger partial charge in [-0.1, -0.05) is 17.7 Å². The molecule has 1 aromatic heterocycles. The molecule has 2 amide bonds. The van der Waals surface area contributed by atoms with Crippen LogP contribution in [-0.2, 0) is 9.59 Å². The van der Waals surface area contributed by atoms with Crippen LogP contribution in [0.15, 0.2) is 30.3 Å². The molecule has 3 fully saturated rings. The third-order valence-corrected chi connectivity index (χ3v) is 7.20. The predicted octanol–water partition coefficient (Wildman–Crippen LogP) is 2.79. The molecule has 0 spiro atoms. The van der Waals surface area contributed by atoms with Crippen molar-refractivity contribution in [1.82, 2.24) is 14.9 Å². The fourth-order valence-corrected chi connectivity index (χ4v) is 5.20. The van der Waals surface area contributed by atoms with Crippen LogP contribution in [0.2, 0.25) is 0 Å². The second-order valence-corrected chi connectivity index (χ2v) is 9.77. The normalized spacial score (nSPS) is 21.4. The van der Waals surface area contributed by atoms with E-state index in [0.29, 0.717) is 32.7 Å². The van der Waals surface area contributed by atoms with E-state index in [0.717, 1.165) is 41.8 Å². The molecule has 0 saturated carbocycles. The van der Waals surface area contributed by atoms with Crippen LogP contribution in [0.1, 0.15) is 36.9 Å². The Morgan fingerprint density at radius 1 is 0.882 bits per heavy atom. The molecule has 5 rings (SSSR count). The zero-order valence-electron chi connectivity index (χ0n) is 20.2. The van der Waals surface area contributed by atoms with E-state index in [9.17, 15) is 9.59 Å². The third kappa shape index (κ3) is 4.72. The fourth-order valence-electron chi connectivity index (χ4n) is 5.20. The van der Waals surface area contributed by atoms with Gasteiger partial charge in [0.1, 0.15) is 5.82 Å². The van der Waals surface area contributed by atoms with Crippen molar-refractivity contribution >= 4 is 29.3 Å². The summed E-state index contributed by atoms with van der Waals surface area (Å²) in [4.78, 5) is 43.6. The number of aryl methyl sites for hydroxylation is 2. The van der Waals surface area contributed by atoms with Crippen molar-refractivity contribution in [3.8, 4) is 0 Å². The van der Waals surface area contributed by atoms with Gasteiger partial charge in [0.25, 0.3) is 0 Å². The number of piperidine rings is 1. The van der Waals surface area contributed by atoms with E-state index in [-0.39, 0.29) is 24.2 Å². The molecule has 3 aliphatic rings. The molecule has 8 nitrogen and oxygen atoms in total. The van der Waals surface area contributed by atoms with Crippen LogP contribution in [0.25, 0.3) is 0 Å². The van der Waals surface area contributed by atoms with E-state index >= 15 is 0 Å². The molecule has 0 aliphatic carbocycles. The van der Waals surface area contributed by atoms with Crippen molar-refractivity contribution in [3.05, 3.63) is 41.6 Å². The first-order chi connectivity index (χ1) is 16.5. The molecular weight excluding hydrogens is 428 g/mol. The quantitative estimate of drug-likeness (QED) is 0.696. The molecule has 1 unspecified atom stereocenters. The number of hydrogen-bond donors (Lipinski definition) is 0. The average Bonchev–Trinajstić information content (AvgIpc) is 3.26. The Kier molecular flexibility index (Phi) is 6.39. The molecule has 3 saturated heterocycles. The SMILES string of the molecule is Cc1ccc(N2CC(C(=O)N3CCN(c4nc(C)cc(N5CCCCC5)n4)CC3)CC2=O)cc1. The summed E-state index contributed by atoms with van der Waals surface area (Å²) in [6.07, 6.45) is 4.00. The highest BCUT2D eigenvalue weighted by Crippen LogP contribution is 2.27. The Bertz CT molecular complexity index is 1040. The Morgan fingerprint density at radius 2 is 1.59 bits per heavy atom. The van der Waals surface area contributed by atoms with Crippen LogP contribution < -0.4 is 14.7 Å². The summed E-state index contributed by atoms with van der Waals surface area (Å²) in [6.45, 7) is 9.28. The number of aromatic nitrogens is 2. The Hall–Kier alpha value is -3.16. The zero-order valence-corrected chi connectivity index (χ0v) is 20.2. The third-order valence-electron chi connectivity index (χ3n) is 7.20. The summed E-state index contributed by atoms with van der Waals surface area (Å²) in [5.74, 6) is 1.61. The Morgan fingerprint density at radius 3 is 2.29 bits per heavy atom. The highest BCUT2D eigenvalue weighted by atomic mass is 16.2. The minimum Gasteiger partial charge on any atom is -0.356 e. The summed E-state index contributed by atoms with van der Waals surface area (Å²) < 4.78 is 0. The molecule has 0 radical (unpaired) electrons. The lowest BCUT2D eigenvalue weighted by Crippen LogP contribution is -2.51. The monoisotopic (exact) mass is 462 g/mol. The van der Waals surface area contributed by atoms with E-state index in [1.165, 1.54) is 19.3 Å². The largest absolute Gasteiger partial charge is 0.356 e. The molecule has 1 aromatic carbocycles. The lowest BCUT2D eigenvalue weighted by Gasteiger charge is -2.36. The lowest BCUT2D eigenvalue weighted by molar-refractivity contribution is -0.136. The number of anilines is 3. The van der Waals surface area contributed by atoms with Crippen molar-refractivity contribution in [2.24, 2.45) is 5.92 Å². The first-order valence-corrected chi connectivity index (χ1v) is 12.5. The van der Waals surface area contributed by atoms with Gasteiger partial charge >= 0.3 is 0 Å². The number of amides is 2. The topological polar surface area (TPSA) is 72.9 Å². The minimum absolute atomic E-state index is 0.0271.